The summed E-state index contributed by atoms with van der Waals surface area (Å²) in [6.45, 7) is 2.80. The van der Waals surface area contributed by atoms with Crippen LogP contribution in [0.3, 0.4) is 0 Å². The summed E-state index contributed by atoms with van der Waals surface area (Å²) < 4.78 is 5.29. The lowest BCUT2D eigenvalue weighted by Crippen LogP contribution is -2.09. The Kier molecular flexibility index (Phi) is 3.75. The SMILES string of the molecule is CCc1ccc(OC)c(NCC2CC2C(=O)O)c1. The number of ether oxygens (including phenoxy) is 1. The van der Waals surface area contributed by atoms with Gasteiger partial charge in [-0.25, -0.2) is 0 Å². The van der Waals surface area contributed by atoms with E-state index in [1.54, 1.807) is 7.11 Å². The van der Waals surface area contributed by atoms with Gasteiger partial charge in [0.2, 0.25) is 0 Å². The Morgan fingerprint density at radius 1 is 1.56 bits per heavy atom. The molecule has 18 heavy (non-hydrogen) atoms. The zero-order valence-corrected chi connectivity index (χ0v) is 10.8. The standard InChI is InChI=1S/C14H19NO3/c1-3-9-4-5-13(18-2)12(6-9)15-8-10-7-11(10)14(16)17/h4-6,10-11,15H,3,7-8H2,1-2H3,(H,16,17). The highest BCUT2D eigenvalue weighted by Gasteiger charge is 2.42. The van der Waals surface area contributed by atoms with Gasteiger partial charge in [-0.2, -0.15) is 0 Å². The second kappa shape index (κ2) is 5.29. The van der Waals surface area contributed by atoms with Crippen LogP contribution < -0.4 is 10.1 Å². The van der Waals surface area contributed by atoms with Crippen LogP contribution in [-0.4, -0.2) is 24.7 Å². The van der Waals surface area contributed by atoms with Gasteiger partial charge < -0.3 is 15.2 Å². The minimum absolute atomic E-state index is 0.169. The minimum Gasteiger partial charge on any atom is -0.495 e. The fourth-order valence-corrected chi connectivity index (χ4v) is 2.13. The van der Waals surface area contributed by atoms with Crippen molar-refractivity contribution in [3.05, 3.63) is 23.8 Å². The van der Waals surface area contributed by atoms with E-state index in [0.717, 1.165) is 24.3 Å². The first-order valence-electron chi connectivity index (χ1n) is 6.29. The van der Waals surface area contributed by atoms with Crippen LogP contribution >= 0.6 is 0 Å². The third-order valence-corrected chi connectivity index (χ3v) is 3.47. The molecule has 2 unspecified atom stereocenters. The van der Waals surface area contributed by atoms with Gasteiger partial charge in [0.15, 0.2) is 0 Å². The van der Waals surface area contributed by atoms with E-state index < -0.39 is 5.97 Å². The van der Waals surface area contributed by atoms with Crippen molar-refractivity contribution in [3.63, 3.8) is 0 Å². The molecular formula is C14H19NO3. The van der Waals surface area contributed by atoms with Gasteiger partial charge in [0.25, 0.3) is 0 Å². The van der Waals surface area contributed by atoms with Gasteiger partial charge >= 0.3 is 5.97 Å². The van der Waals surface area contributed by atoms with E-state index in [1.165, 1.54) is 5.56 Å². The molecule has 1 aromatic rings. The minimum atomic E-state index is -0.684. The number of benzene rings is 1. The maximum atomic E-state index is 10.8. The molecule has 2 rings (SSSR count). The summed E-state index contributed by atoms with van der Waals surface area (Å²) in [6.07, 6.45) is 1.75. The van der Waals surface area contributed by atoms with E-state index in [1.807, 2.05) is 12.1 Å². The normalized spacial score (nSPS) is 21.4. The van der Waals surface area contributed by atoms with Crippen molar-refractivity contribution in [1.82, 2.24) is 0 Å². The third kappa shape index (κ3) is 2.75. The monoisotopic (exact) mass is 249 g/mol. The molecule has 0 saturated heterocycles. The van der Waals surface area contributed by atoms with Crippen molar-refractivity contribution in [3.8, 4) is 5.75 Å². The molecule has 0 bridgehead atoms. The van der Waals surface area contributed by atoms with E-state index in [0.29, 0.717) is 6.54 Å². The Bertz CT molecular complexity index is 445. The Balaban J connectivity index is 1.98. The highest BCUT2D eigenvalue weighted by atomic mass is 16.5. The summed E-state index contributed by atoms with van der Waals surface area (Å²) in [5, 5.41) is 12.1. The molecule has 4 heteroatoms. The molecule has 4 nitrogen and oxygen atoms in total. The largest absolute Gasteiger partial charge is 0.495 e. The molecule has 0 heterocycles. The van der Waals surface area contributed by atoms with Gasteiger partial charge in [-0.15, -0.1) is 0 Å². The van der Waals surface area contributed by atoms with E-state index in [2.05, 4.69) is 18.3 Å². The molecule has 1 fully saturated rings. The van der Waals surface area contributed by atoms with Gasteiger partial charge in [0, 0.05) is 6.54 Å². The smallest absolute Gasteiger partial charge is 0.306 e. The lowest BCUT2D eigenvalue weighted by atomic mass is 10.1. The molecule has 0 radical (unpaired) electrons. The summed E-state index contributed by atoms with van der Waals surface area (Å²) in [5.41, 5.74) is 2.19. The molecule has 2 N–H and O–H groups in total. The maximum absolute atomic E-state index is 10.8. The molecule has 0 aliphatic heterocycles. The quantitative estimate of drug-likeness (QED) is 0.812. The summed E-state index contributed by atoms with van der Waals surface area (Å²) in [4.78, 5) is 10.8. The Morgan fingerprint density at radius 3 is 2.89 bits per heavy atom. The van der Waals surface area contributed by atoms with Crippen molar-refractivity contribution < 1.29 is 14.6 Å². The number of carboxylic acid groups (broad SMARTS) is 1. The number of aliphatic carboxylic acids is 1. The van der Waals surface area contributed by atoms with Crippen LogP contribution in [0.25, 0.3) is 0 Å². The van der Waals surface area contributed by atoms with Crippen LogP contribution in [0.5, 0.6) is 5.75 Å². The van der Waals surface area contributed by atoms with Gasteiger partial charge in [0.05, 0.1) is 18.7 Å². The molecule has 1 aliphatic rings. The second-order valence-electron chi connectivity index (χ2n) is 4.71. The molecule has 2 atom stereocenters. The van der Waals surface area contributed by atoms with Gasteiger partial charge in [-0.05, 0) is 36.5 Å². The Labute approximate surface area is 107 Å². The van der Waals surface area contributed by atoms with Crippen molar-refractivity contribution in [1.29, 1.82) is 0 Å². The molecule has 0 aromatic heterocycles. The number of hydrogen-bond donors (Lipinski definition) is 2. The zero-order chi connectivity index (χ0) is 13.1. The molecule has 0 amide bonds. The maximum Gasteiger partial charge on any atom is 0.306 e. The Morgan fingerprint density at radius 2 is 2.33 bits per heavy atom. The molecule has 0 spiro atoms. The number of nitrogens with one attached hydrogen (secondary N) is 1. The first-order chi connectivity index (χ1) is 8.65. The van der Waals surface area contributed by atoms with Gasteiger partial charge in [0.1, 0.15) is 5.75 Å². The third-order valence-electron chi connectivity index (χ3n) is 3.47. The first kappa shape index (κ1) is 12.7. The van der Waals surface area contributed by atoms with Crippen LogP contribution in [0.15, 0.2) is 18.2 Å². The van der Waals surface area contributed by atoms with Crippen molar-refractivity contribution in [2.75, 3.05) is 19.0 Å². The van der Waals surface area contributed by atoms with Gasteiger partial charge in [-0.1, -0.05) is 13.0 Å². The highest BCUT2D eigenvalue weighted by Crippen LogP contribution is 2.39. The second-order valence-corrected chi connectivity index (χ2v) is 4.71. The van der Waals surface area contributed by atoms with E-state index in [-0.39, 0.29) is 11.8 Å². The van der Waals surface area contributed by atoms with Crippen molar-refractivity contribution in [2.24, 2.45) is 11.8 Å². The van der Waals surface area contributed by atoms with Crippen molar-refractivity contribution >= 4 is 11.7 Å². The van der Waals surface area contributed by atoms with Gasteiger partial charge in [-0.3, -0.25) is 4.79 Å². The predicted molar refractivity (Wildman–Crippen MR) is 70.1 cm³/mol. The average molecular weight is 249 g/mol. The van der Waals surface area contributed by atoms with Crippen LogP contribution in [0.1, 0.15) is 18.9 Å². The summed E-state index contributed by atoms with van der Waals surface area (Å²) in [5.74, 6) is 0.200. The number of hydrogen-bond acceptors (Lipinski definition) is 3. The number of carboxylic acids is 1. The molecule has 1 aromatic carbocycles. The number of rotatable bonds is 6. The summed E-state index contributed by atoms with van der Waals surface area (Å²) >= 11 is 0. The number of anilines is 1. The number of carbonyl (C=O) groups is 1. The highest BCUT2D eigenvalue weighted by molar-refractivity contribution is 5.73. The van der Waals surface area contributed by atoms with Crippen LogP contribution in [0.2, 0.25) is 0 Å². The molecule has 1 aliphatic carbocycles. The zero-order valence-electron chi connectivity index (χ0n) is 10.8. The predicted octanol–water partition coefficient (Wildman–Crippen LogP) is 2.39. The molecule has 98 valence electrons. The molecular weight excluding hydrogens is 230 g/mol. The van der Waals surface area contributed by atoms with Crippen LogP contribution in [0, 0.1) is 11.8 Å². The summed E-state index contributed by atoms with van der Waals surface area (Å²) in [6, 6.07) is 6.06. The topological polar surface area (TPSA) is 58.6 Å². The average Bonchev–Trinajstić information content (AvgIpc) is 3.15. The van der Waals surface area contributed by atoms with E-state index in [9.17, 15) is 4.79 Å². The Hall–Kier alpha value is -1.71. The summed E-state index contributed by atoms with van der Waals surface area (Å²) in [7, 11) is 1.64. The fraction of sp³-hybridized carbons (Fsp3) is 0.500. The first-order valence-corrected chi connectivity index (χ1v) is 6.29. The fourth-order valence-electron chi connectivity index (χ4n) is 2.13. The number of aryl methyl sites for hydroxylation is 1. The lowest BCUT2D eigenvalue weighted by molar-refractivity contribution is -0.138. The molecule has 1 saturated carbocycles. The number of methoxy groups -OCH3 is 1. The van der Waals surface area contributed by atoms with Crippen LogP contribution in [-0.2, 0) is 11.2 Å². The van der Waals surface area contributed by atoms with E-state index >= 15 is 0 Å². The van der Waals surface area contributed by atoms with Crippen molar-refractivity contribution in [2.45, 2.75) is 19.8 Å². The van der Waals surface area contributed by atoms with E-state index in [4.69, 9.17) is 9.84 Å². The lowest BCUT2D eigenvalue weighted by Gasteiger charge is -2.12. The van der Waals surface area contributed by atoms with Crippen LogP contribution in [0.4, 0.5) is 5.69 Å².